The van der Waals surface area contributed by atoms with Gasteiger partial charge < -0.3 is 14.2 Å². The number of esters is 3. The van der Waals surface area contributed by atoms with Crippen molar-refractivity contribution in [1.29, 1.82) is 0 Å². The third-order valence-electron chi connectivity index (χ3n) is 11.6. The molecule has 0 spiro atoms. The molecule has 0 N–H and O–H groups in total. The molecule has 0 saturated carbocycles. The summed E-state index contributed by atoms with van der Waals surface area (Å²) in [7, 11) is 0. The molecule has 400 valence electrons. The molecule has 0 amide bonds. The average Bonchev–Trinajstić information content (AvgIpc) is 3.37. The molecular weight excluding hydrogens is 877 g/mol. The topological polar surface area (TPSA) is 78.9 Å². The smallest absolute Gasteiger partial charge is 0.306 e. The Balaban J connectivity index is 4.61. The zero-order chi connectivity index (χ0) is 51.4. The van der Waals surface area contributed by atoms with Crippen molar-refractivity contribution in [3.8, 4) is 0 Å². The van der Waals surface area contributed by atoms with Gasteiger partial charge in [-0.25, -0.2) is 0 Å². The van der Waals surface area contributed by atoms with Crippen molar-refractivity contribution < 1.29 is 28.6 Å². The molecule has 0 aromatic heterocycles. The highest BCUT2D eigenvalue weighted by Crippen LogP contribution is 2.13. The SMILES string of the molecule is CC/C=C\C/C=C\C/C=C\C/C=C\C/C=C\C/C=C\CCC(=O)OC[C@H](COC(=O)CCCCCCCCC/C=C\C/C=C\CCCCC)OC(=O)CCC/C=C\C/C=C\C/C=C\CCCCCCCC. The van der Waals surface area contributed by atoms with Crippen LogP contribution in [0.4, 0.5) is 0 Å². The number of carbonyl (C=O) groups is 3. The molecule has 6 heteroatoms. The maximum absolute atomic E-state index is 12.8. The molecule has 0 aromatic rings. The van der Waals surface area contributed by atoms with Gasteiger partial charge in [0, 0.05) is 19.3 Å². The molecule has 0 aliphatic carbocycles. The van der Waals surface area contributed by atoms with Crippen LogP contribution in [-0.2, 0) is 28.6 Å². The molecule has 0 heterocycles. The molecular formula is C65H104O6. The van der Waals surface area contributed by atoms with Gasteiger partial charge in [-0.05, 0) is 122 Å². The molecule has 6 nitrogen and oxygen atoms in total. The zero-order valence-electron chi connectivity index (χ0n) is 45.7. The van der Waals surface area contributed by atoms with Crippen LogP contribution in [0.2, 0.25) is 0 Å². The molecule has 0 rings (SSSR count). The van der Waals surface area contributed by atoms with E-state index in [0.29, 0.717) is 19.3 Å². The first-order valence-electron chi connectivity index (χ1n) is 28.7. The Morgan fingerprint density at radius 3 is 1.01 bits per heavy atom. The Kier molecular flexibility index (Phi) is 54.5. The van der Waals surface area contributed by atoms with E-state index in [4.69, 9.17) is 14.2 Å². The van der Waals surface area contributed by atoms with E-state index in [2.05, 4.69) is 142 Å². The van der Waals surface area contributed by atoms with E-state index < -0.39 is 6.10 Å². The maximum atomic E-state index is 12.8. The van der Waals surface area contributed by atoms with Crippen LogP contribution in [0.3, 0.4) is 0 Å². The van der Waals surface area contributed by atoms with E-state index >= 15 is 0 Å². The van der Waals surface area contributed by atoms with Crippen molar-refractivity contribution in [2.24, 2.45) is 0 Å². The fourth-order valence-electron chi connectivity index (χ4n) is 7.34. The van der Waals surface area contributed by atoms with Gasteiger partial charge in [0.25, 0.3) is 0 Å². The van der Waals surface area contributed by atoms with Crippen LogP contribution in [0, 0.1) is 0 Å². The van der Waals surface area contributed by atoms with E-state index in [1.54, 1.807) is 0 Å². The van der Waals surface area contributed by atoms with Crippen molar-refractivity contribution in [3.05, 3.63) is 134 Å². The molecule has 0 saturated heterocycles. The monoisotopic (exact) mass is 981 g/mol. The number of carbonyl (C=O) groups excluding carboxylic acids is 3. The predicted molar refractivity (Wildman–Crippen MR) is 306 cm³/mol. The molecule has 0 unspecified atom stereocenters. The normalized spacial score (nSPS) is 13.1. The Morgan fingerprint density at radius 1 is 0.296 bits per heavy atom. The quantitative estimate of drug-likeness (QED) is 0.0262. The Bertz CT molecular complexity index is 1550. The number of ether oxygens (including phenoxy) is 3. The van der Waals surface area contributed by atoms with E-state index in [0.717, 1.165) is 89.9 Å². The second kappa shape index (κ2) is 58.1. The maximum Gasteiger partial charge on any atom is 0.306 e. The lowest BCUT2D eigenvalue weighted by molar-refractivity contribution is -0.166. The van der Waals surface area contributed by atoms with Gasteiger partial charge in [0.15, 0.2) is 6.10 Å². The van der Waals surface area contributed by atoms with Gasteiger partial charge in [-0.2, -0.15) is 0 Å². The van der Waals surface area contributed by atoms with Gasteiger partial charge >= 0.3 is 17.9 Å². The lowest BCUT2D eigenvalue weighted by atomic mass is 10.1. The summed E-state index contributed by atoms with van der Waals surface area (Å²) < 4.78 is 16.7. The van der Waals surface area contributed by atoms with E-state index in [-0.39, 0.29) is 44.0 Å². The number of hydrogen-bond acceptors (Lipinski definition) is 6. The van der Waals surface area contributed by atoms with Gasteiger partial charge in [-0.15, -0.1) is 0 Å². The van der Waals surface area contributed by atoms with Gasteiger partial charge in [0.05, 0.1) is 0 Å². The highest BCUT2D eigenvalue weighted by molar-refractivity contribution is 5.71. The fourth-order valence-corrected chi connectivity index (χ4v) is 7.34. The largest absolute Gasteiger partial charge is 0.462 e. The third-order valence-corrected chi connectivity index (χ3v) is 11.6. The summed E-state index contributed by atoms with van der Waals surface area (Å²) in [6.07, 6.45) is 81.7. The number of rotatable bonds is 50. The minimum atomic E-state index is -0.844. The van der Waals surface area contributed by atoms with Crippen LogP contribution < -0.4 is 0 Å². The van der Waals surface area contributed by atoms with Crippen molar-refractivity contribution in [1.82, 2.24) is 0 Å². The molecule has 0 fully saturated rings. The molecule has 0 aliphatic rings. The number of unbranched alkanes of at least 4 members (excludes halogenated alkanes) is 17. The highest BCUT2D eigenvalue weighted by Gasteiger charge is 2.19. The summed E-state index contributed by atoms with van der Waals surface area (Å²) in [6, 6.07) is 0. The first-order chi connectivity index (χ1) is 35.0. The lowest BCUT2D eigenvalue weighted by Crippen LogP contribution is -2.30. The summed E-state index contributed by atoms with van der Waals surface area (Å²) in [5.41, 5.74) is 0. The predicted octanol–water partition coefficient (Wildman–Crippen LogP) is 19.4. The molecule has 0 bridgehead atoms. The summed E-state index contributed by atoms with van der Waals surface area (Å²) in [4.78, 5) is 38.1. The minimum Gasteiger partial charge on any atom is -0.462 e. The third kappa shape index (κ3) is 56.3. The summed E-state index contributed by atoms with van der Waals surface area (Å²) >= 11 is 0. The fraction of sp³-hybridized carbons (Fsp3) is 0.615. The second-order valence-corrected chi connectivity index (χ2v) is 18.5. The second-order valence-electron chi connectivity index (χ2n) is 18.5. The van der Waals surface area contributed by atoms with Gasteiger partial charge in [0.2, 0.25) is 0 Å². The highest BCUT2D eigenvalue weighted by atomic mass is 16.6. The van der Waals surface area contributed by atoms with Crippen LogP contribution >= 0.6 is 0 Å². The number of allylic oxidation sites excluding steroid dienone is 22. The molecule has 0 aromatic carbocycles. The Labute approximate surface area is 436 Å². The van der Waals surface area contributed by atoms with Gasteiger partial charge in [0.1, 0.15) is 13.2 Å². The summed E-state index contributed by atoms with van der Waals surface area (Å²) in [5, 5.41) is 0. The van der Waals surface area contributed by atoms with Gasteiger partial charge in [-0.3, -0.25) is 14.4 Å². The molecule has 0 radical (unpaired) electrons. The van der Waals surface area contributed by atoms with Crippen LogP contribution in [0.25, 0.3) is 0 Å². The first kappa shape index (κ1) is 66.6. The first-order valence-corrected chi connectivity index (χ1v) is 28.7. The van der Waals surface area contributed by atoms with Crippen LogP contribution in [0.1, 0.15) is 239 Å². The van der Waals surface area contributed by atoms with Crippen LogP contribution in [-0.4, -0.2) is 37.2 Å². The van der Waals surface area contributed by atoms with Crippen molar-refractivity contribution >= 4 is 17.9 Å². The van der Waals surface area contributed by atoms with Crippen LogP contribution in [0.5, 0.6) is 0 Å². The Morgan fingerprint density at radius 2 is 0.592 bits per heavy atom. The van der Waals surface area contributed by atoms with E-state index in [1.165, 1.54) is 96.3 Å². The lowest BCUT2D eigenvalue weighted by Gasteiger charge is -2.18. The summed E-state index contributed by atoms with van der Waals surface area (Å²) in [5.74, 6) is -1.08. The standard InChI is InChI=1S/C65H104O6/c1-4-7-10-13-16-19-22-25-28-31-32-35-37-40-43-46-49-52-55-58-64(67)70-61-62(71-65(68)59-56-53-50-47-44-41-38-34-30-27-24-21-18-15-12-9-6-3)60-69-63(66)57-54-51-48-45-42-39-36-33-29-26-23-20-17-14-11-8-5-2/h7,10,16-17,19-20,25-30,32,35,38,40-41,43,47,49-50,52,62H,4-6,8-9,11-15,18,21-24,31,33-34,36-37,39,42,44-46,48,51,53-61H2,1-3H3/b10-7-,19-16-,20-17-,28-25-,29-26-,30-27-,35-32-,41-38-,43-40-,50-47-,52-49-/t62-/m0/s1. The van der Waals surface area contributed by atoms with E-state index in [9.17, 15) is 14.4 Å². The summed E-state index contributed by atoms with van der Waals surface area (Å²) in [6.45, 7) is 6.37. The van der Waals surface area contributed by atoms with Crippen molar-refractivity contribution in [2.75, 3.05) is 13.2 Å². The minimum absolute atomic E-state index is 0.130. The molecule has 71 heavy (non-hydrogen) atoms. The van der Waals surface area contributed by atoms with Crippen LogP contribution in [0.15, 0.2) is 134 Å². The van der Waals surface area contributed by atoms with Crippen molar-refractivity contribution in [2.45, 2.75) is 245 Å². The van der Waals surface area contributed by atoms with Crippen molar-refractivity contribution in [3.63, 3.8) is 0 Å². The molecule has 1 atom stereocenters. The zero-order valence-corrected chi connectivity index (χ0v) is 45.7. The van der Waals surface area contributed by atoms with Gasteiger partial charge in [-0.1, -0.05) is 231 Å². The molecule has 0 aliphatic heterocycles. The Hall–Kier alpha value is -4.45. The average molecular weight is 982 g/mol. The number of hydrogen-bond donors (Lipinski definition) is 0. The van der Waals surface area contributed by atoms with E-state index in [1.807, 2.05) is 12.2 Å².